The molecule has 1 aromatic carbocycles. The molecule has 2 aromatic rings. The molecule has 0 saturated carbocycles. The molecule has 1 N–H and O–H groups in total. The average Bonchev–Trinajstić information content (AvgIpc) is 2.52. The summed E-state index contributed by atoms with van der Waals surface area (Å²) in [5, 5.41) is 3.93. The number of thioether (sulfide) groups is 1. The van der Waals surface area contributed by atoms with E-state index < -0.39 is 0 Å². The molecule has 0 fully saturated rings. The van der Waals surface area contributed by atoms with Gasteiger partial charge in [-0.3, -0.25) is 4.79 Å². The molecule has 0 bridgehead atoms. The zero-order chi connectivity index (χ0) is 15.1. The molecule has 5 heteroatoms. The summed E-state index contributed by atoms with van der Waals surface area (Å²) < 4.78 is 1.04. The van der Waals surface area contributed by atoms with Crippen LogP contribution in [0.4, 0.5) is 0 Å². The first-order chi connectivity index (χ1) is 10.2. The Morgan fingerprint density at radius 2 is 2.05 bits per heavy atom. The van der Waals surface area contributed by atoms with Crippen molar-refractivity contribution in [3.8, 4) is 0 Å². The second-order valence-electron chi connectivity index (χ2n) is 4.54. The summed E-state index contributed by atoms with van der Waals surface area (Å²) in [6.45, 7) is 2.07. The molecular formula is C16H17BrN2OS. The van der Waals surface area contributed by atoms with Crippen LogP contribution in [0.3, 0.4) is 0 Å². The minimum absolute atomic E-state index is 0.0282. The highest BCUT2D eigenvalue weighted by Crippen LogP contribution is 2.20. The molecule has 1 heterocycles. The number of nitrogens with one attached hydrogen (secondary N) is 1. The molecule has 0 radical (unpaired) electrons. The topological polar surface area (TPSA) is 42.0 Å². The molecule has 0 aliphatic carbocycles. The van der Waals surface area contributed by atoms with Gasteiger partial charge in [0.25, 0.3) is 0 Å². The summed E-state index contributed by atoms with van der Waals surface area (Å²) in [5.74, 6) is 0.407. The Balaban J connectivity index is 1.89. The number of halogens is 1. The highest BCUT2D eigenvalue weighted by molar-refractivity contribution is 9.10. The number of hydrogen-bond donors (Lipinski definition) is 1. The van der Waals surface area contributed by atoms with Crippen molar-refractivity contribution in [1.82, 2.24) is 10.3 Å². The smallest absolute Gasteiger partial charge is 0.230 e. The van der Waals surface area contributed by atoms with E-state index >= 15 is 0 Å². The summed E-state index contributed by atoms with van der Waals surface area (Å²) in [6, 6.07) is 13.8. The van der Waals surface area contributed by atoms with E-state index in [0.717, 1.165) is 21.5 Å². The summed E-state index contributed by atoms with van der Waals surface area (Å²) >= 11 is 4.87. The Morgan fingerprint density at radius 1 is 1.29 bits per heavy atom. The Kier molecular flexibility index (Phi) is 6.26. The van der Waals surface area contributed by atoms with Gasteiger partial charge in [0.1, 0.15) is 0 Å². The van der Waals surface area contributed by atoms with Gasteiger partial charge < -0.3 is 5.32 Å². The maximum atomic E-state index is 12.1. The van der Waals surface area contributed by atoms with E-state index in [4.69, 9.17) is 0 Å². The number of hydrogen-bond acceptors (Lipinski definition) is 3. The third kappa shape index (κ3) is 5.17. The van der Waals surface area contributed by atoms with Crippen molar-refractivity contribution in [3.63, 3.8) is 0 Å². The number of carbonyl (C=O) groups is 1. The molecule has 1 amide bonds. The van der Waals surface area contributed by atoms with E-state index in [9.17, 15) is 4.79 Å². The zero-order valence-corrected chi connectivity index (χ0v) is 14.2. The maximum Gasteiger partial charge on any atom is 0.230 e. The SMILES string of the molecule is CC[C@H](NC(=O)CSc1ccccn1)c1ccc(Br)cc1. The highest BCUT2D eigenvalue weighted by atomic mass is 79.9. The number of carbonyl (C=O) groups excluding carboxylic acids is 1. The third-order valence-electron chi connectivity index (χ3n) is 3.00. The van der Waals surface area contributed by atoms with Gasteiger partial charge in [-0.25, -0.2) is 4.98 Å². The lowest BCUT2D eigenvalue weighted by Crippen LogP contribution is -2.29. The molecule has 0 saturated heterocycles. The van der Waals surface area contributed by atoms with Crippen LogP contribution < -0.4 is 5.32 Å². The van der Waals surface area contributed by atoms with E-state index in [2.05, 4.69) is 33.2 Å². The first kappa shape index (κ1) is 16.0. The van der Waals surface area contributed by atoms with E-state index in [0.29, 0.717) is 5.75 Å². The first-order valence-electron chi connectivity index (χ1n) is 6.77. The van der Waals surface area contributed by atoms with Gasteiger partial charge in [-0.2, -0.15) is 0 Å². The molecule has 0 aliphatic heterocycles. The Hall–Kier alpha value is -1.33. The lowest BCUT2D eigenvalue weighted by molar-refractivity contribution is -0.119. The summed E-state index contributed by atoms with van der Waals surface area (Å²) in [5.41, 5.74) is 1.12. The van der Waals surface area contributed by atoms with Crippen LogP contribution in [0.2, 0.25) is 0 Å². The van der Waals surface area contributed by atoms with Gasteiger partial charge in [0.15, 0.2) is 0 Å². The Bertz CT molecular complexity index is 575. The fourth-order valence-electron chi connectivity index (χ4n) is 1.92. The second kappa shape index (κ2) is 8.20. The van der Waals surface area contributed by atoms with Gasteiger partial charge in [-0.1, -0.05) is 52.8 Å². The summed E-state index contributed by atoms with van der Waals surface area (Å²) in [6.07, 6.45) is 2.60. The zero-order valence-electron chi connectivity index (χ0n) is 11.8. The average molecular weight is 365 g/mol. The second-order valence-corrected chi connectivity index (χ2v) is 6.45. The van der Waals surface area contributed by atoms with Crippen molar-refractivity contribution in [3.05, 3.63) is 58.7 Å². The van der Waals surface area contributed by atoms with Crippen molar-refractivity contribution >= 4 is 33.6 Å². The Morgan fingerprint density at radius 3 is 2.67 bits per heavy atom. The number of rotatable bonds is 6. The largest absolute Gasteiger partial charge is 0.349 e. The van der Waals surface area contributed by atoms with Crippen LogP contribution in [0.15, 0.2) is 58.2 Å². The monoisotopic (exact) mass is 364 g/mol. The number of pyridine rings is 1. The fraction of sp³-hybridized carbons (Fsp3) is 0.250. The predicted molar refractivity (Wildman–Crippen MR) is 90.3 cm³/mol. The lowest BCUT2D eigenvalue weighted by atomic mass is 10.0. The van der Waals surface area contributed by atoms with Crippen molar-refractivity contribution in [1.29, 1.82) is 0 Å². The minimum atomic E-state index is 0.0282. The maximum absolute atomic E-state index is 12.1. The number of benzene rings is 1. The van der Waals surface area contributed by atoms with Crippen LogP contribution in [0.25, 0.3) is 0 Å². The van der Waals surface area contributed by atoms with Crippen molar-refractivity contribution in [2.24, 2.45) is 0 Å². The highest BCUT2D eigenvalue weighted by Gasteiger charge is 2.12. The Labute approximate surface area is 137 Å². The summed E-state index contributed by atoms with van der Waals surface area (Å²) in [4.78, 5) is 16.3. The van der Waals surface area contributed by atoms with E-state index in [1.807, 2.05) is 42.5 Å². The van der Waals surface area contributed by atoms with Crippen LogP contribution >= 0.6 is 27.7 Å². The molecule has 21 heavy (non-hydrogen) atoms. The van der Waals surface area contributed by atoms with E-state index in [1.54, 1.807) is 6.20 Å². The number of nitrogens with zero attached hydrogens (tertiary/aromatic N) is 1. The quantitative estimate of drug-likeness (QED) is 0.780. The van der Waals surface area contributed by atoms with Crippen LogP contribution in [0, 0.1) is 0 Å². The molecule has 1 atom stereocenters. The standard InChI is InChI=1S/C16H17BrN2OS/c1-2-14(12-6-8-13(17)9-7-12)19-15(20)11-21-16-5-3-4-10-18-16/h3-10,14H,2,11H2,1H3,(H,19,20)/t14-/m0/s1. The van der Waals surface area contributed by atoms with E-state index in [-0.39, 0.29) is 11.9 Å². The molecule has 2 rings (SSSR count). The molecule has 110 valence electrons. The van der Waals surface area contributed by atoms with Crippen molar-refractivity contribution < 1.29 is 4.79 Å². The van der Waals surface area contributed by atoms with Gasteiger partial charge in [0.2, 0.25) is 5.91 Å². The van der Waals surface area contributed by atoms with Crippen LogP contribution in [-0.4, -0.2) is 16.6 Å². The normalized spacial score (nSPS) is 11.9. The van der Waals surface area contributed by atoms with Crippen LogP contribution in [0.1, 0.15) is 24.9 Å². The third-order valence-corrected chi connectivity index (χ3v) is 4.48. The molecule has 0 unspecified atom stereocenters. The van der Waals surface area contributed by atoms with Gasteiger partial charge in [0, 0.05) is 10.7 Å². The van der Waals surface area contributed by atoms with Crippen LogP contribution in [0.5, 0.6) is 0 Å². The van der Waals surface area contributed by atoms with Gasteiger partial charge in [0.05, 0.1) is 16.8 Å². The van der Waals surface area contributed by atoms with E-state index in [1.165, 1.54) is 11.8 Å². The van der Waals surface area contributed by atoms with Gasteiger partial charge in [-0.15, -0.1) is 0 Å². The fourth-order valence-corrected chi connectivity index (χ4v) is 2.86. The molecular weight excluding hydrogens is 348 g/mol. The van der Waals surface area contributed by atoms with Crippen molar-refractivity contribution in [2.45, 2.75) is 24.4 Å². The first-order valence-corrected chi connectivity index (χ1v) is 8.55. The molecule has 1 aromatic heterocycles. The van der Waals surface area contributed by atoms with Gasteiger partial charge >= 0.3 is 0 Å². The number of amides is 1. The van der Waals surface area contributed by atoms with Crippen molar-refractivity contribution in [2.75, 3.05) is 5.75 Å². The summed E-state index contributed by atoms with van der Waals surface area (Å²) in [7, 11) is 0. The molecule has 3 nitrogen and oxygen atoms in total. The van der Waals surface area contributed by atoms with Crippen LogP contribution in [-0.2, 0) is 4.79 Å². The molecule has 0 aliphatic rings. The lowest BCUT2D eigenvalue weighted by Gasteiger charge is -2.17. The van der Waals surface area contributed by atoms with Gasteiger partial charge in [-0.05, 0) is 36.2 Å². The molecule has 0 spiro atoms. The minimum Gasteiger partial charge on any atom is -0.349 e. The number of aromatic nitrogens is 1. The predicted octanol–water partition coefficient (Wildman–Crippen LogP) is 4.20.